The molecule has 0 radical (unpaired) electrons. The Morgan fingerprint density at radius 2 is 0.864 bits per heavy atom. The first-order valence-corrected chi connectivity index (χ1v) is 25.9. The molecule has 0 fully saturated rings. The summed E-state index contributed by atoms with van der Waals surface area (Å²) in [5.41, 5.74) is 25.2. The quantitative estimate of drug-likeness (QED) is 0.161. The van der Waals surface area contributed by atoms with Crippen molar-refractivity contribution in [2.45, 2.75) is 219 Å². The first kappa shape index (κ1) is 44.3. The first-order valence-electron chi connectivity index (χ1n) is 25.9. The van der Waals surface area contributed by atoms with E-state index in [4.69, 9.17) is 4.42 Å². The highest BCUT2D eigenvalue weighted by Crippen LogP contribution is 2.58. The Bertz CT molecular complexity index is 2920. The standard InChI is InChI=1S/C62H79BN2O/c1-36-29-48-51-49(30-36)65(46-34-43-40(31-37(46)2)56(5,6)23-25-59(43,11)12)52-50-53(62(17,18)28-27-61(50,15)16)66-54(52)63(51)45-33-42-44(60(13,14)26-24-58(42,9)10)35-47(45)64(48)38-19-20-39-41(32-38)57(7,8)22-21-55(39,3)4/h19-20,29-35H,21-28H2,1-18H3. The number of furan rings is 1. The summed E-state index contributed by atoms with van der Waals surface area (Å²) >= 11 is 0. The number of benzene rings is 4. The van der Waals surface area contributed by atoms with Crippen molar-refractivity contribution >= 4 is 57.4 Å². The van der Waals surface area contributed by atoms with Crippen molar-refractivity contribution < 1.29 is 4.42 Å². The monoisotopic (exact) mass is 879 g/mol. The van der Waals surface area contributed by atoms with Crippen molar-refractivity contribution in [3.8, 4) is 0 Å². The zero-order valence-electron chi connectivity index (χ0n) is 44.2. The fraction of sp³-hybridized carbons (Fsp3) is 0.548. The van der Waals surface area contributed by atoms with Crippen molar-refractivity contribution in [2.75, 3.05) is 9.80 Å². The number of hydrogen-bond acceptors (Lipinski definition) is 3. The van der Waals surface area contributed by atoms with Gasteiger partial charge in [-0.05, 0) is 195 Å². The van der Waals surface area contributed by atoms with Gasteiger partial charge in [0, 0.05) is 39.4 Å². The van der Waals surface area contributed by atoms with Crippen LogP contribution in [0.3, 0.4) is 0 Å². The van der Waals surface area contributed by atoms with E-state index in [1.165, 1.54) is 139 Å². The summed E-state index contributed by atoms with van der Waals surface area (Å²) in [5, 5.41) is 0. The van der Waals surface area contributed by atoms with Crippen LogP contribution in [0.5, 0.6) is 0 Å². The van der Waals surface area contributed by atoms with E-state index < -0.39 is 0 Å². The third-order valence-corrected chi connectivity index (χ3v) is 19.2. The van der Waals surface area contributed by atoms with Crippen LogP contribution in [-0.2, 0) is 43.3 Å². The Balaban J connectivity index is 1.29. The van der Waals surface area contributed by atoms with Gasteiger partial charge in [0.05, 0.1) is 11.3 Å². The highest BCUT2D eigenvalue weighted by atomic mass is 16.3. The Morgan fingerprint density at radius 1 is 0.424 bits per heavy atom. The SMILES string of the molecule is Cc1cc2c3c(c1)N(c1cc4c(cc1C)C(C)(C)CCC4(C)C)c1c(oc4c1C(C)(C)CCC4(C)C)B3c1cc3c(cc1N2c1ccc2c(c1)C(C)(C)CCC2(C)C)C(C)(C)CCC3(C)C. The summed E-state index contributed by atoms with van der Waals surface area (Å²) < 4.78 is 7.84. The van der Waals surface area contributed by atoms with Crippen LogP contribution < -0.4 is 26.4 Å². The molecule has 1 aromatic heterocycles. The molecule has 6 aliphatic rings. The van der Waals surface area contributed by atoms with E-state index in [9.17, 15) is 0 Å². The highest BCUT2D eigenvalue weighted by molar-refractivity contribution is 6.99. The van der Waals surface area contributed by atoms with E-state index in [1.54, 1.807) is 0 Å². The van der Waals surface area contributed by atoms with Gasteiger partial charge in [-0.25, -0.2) is 0 Å². The lowest BCUT2D eigenvalue weighted by atomic mass is 9.35. The van der Waals surface area contributed by atoms with Crippen LogP contribution in [0.1, 0.15) is 218 Å². The van der Waals surface area contributed by atoms with Crippen LogP contribution in [0, 0.1) is 13.8 Å². The summed E-state index contributed by atoms with van der Waals surface area (Å²) in [7, 11) is 0. The second-order valence-electron chi connectivity index (χ2n) is 27.8. The van der Waals surface area contributed by atoms with E-state index in [1.807, 2.05) is 0 Å². The van der Waals surface area contributed by atoms with Crippen LogP contribution >= 0.6 is 0 Å². The molecular formula is C62H79BN2O. The van der Waals surface area contributed by atoms with E-state index in [0.717, 1.165) is 18.5 Å². The van der Waals surface area contributed by atoms with Gasteiger partial charge in [-0.15, -0.1) is 0 Å². The van der Waals surface area contributed by atoms with Crippen LogP contribution in [0.4, 0.5) is 34.1 Å². The number of anilines is 6. The second-order valence-corrected chi connectivity index (χ2v) is 27.8. The molecule has 66 heavy (non-hydrogen) atoms. The van der Waals surface area contributed by atoms with Crippen LogP contribution in [-0.4, -0.2) is 6.71 Å². The molecular weight excluding hydrogens is 800 g/mol. The minimum absolute atomic E-state index is 0.0548. The maximum absolute atomic E-state index is 7.84. The highest BCUT2D eigenvalue weighted by Gasteiger charge is 2.54. The predicted molar refractivity (Wildman–Crippen MR) is 283 cm³/mol. The number of aryl methyl sites for hydroxylation is 2. The predicted octanol–water partition coefficient (Wildman–Crippen LogP) is 15.4. The van der Waals surface area contributed by atoms with Crippen molar-refractivity contribution in [1.82, 2.24) is 0 Å². The van der Waals surface area contributed by atoms with E-state index >= 15 is 0 Å². The molecule has 0 N–H and O–H groups in total. The van der Waals surface area contributed by atoms with E-state index in [2.05, 4.69) is 189 Å². The molecule has 3 nitrogen and oxygen atoms in total. The normalized spacial score (nSPS) is 23.4. The van der Waals surface area contributed by atoms with Gasteiger partial charge in [-0.3, -0.25) is 0 Å². The van der Waals surface area contributed by atoms with Crippen molar-refractivity contribution in [1.29, 1.82) is 0 Å². The van der Waals surface area contributed by atoms with Crippen LogP contribution in [0.15, 0.2) is 59.0 Å². The Hall–Kier alpha value is -4.18. The number of rotatable bonds is 2. The third-order valence-electron chi connectivity index (χ3n) is 19.2. The van der Waals surface area contributed by atoms with Crippen LogP contribution in [0.25, 0.3) is 0 Å². The molecule has 4 aromatic carbocycles. The Morgan fingerprint density at radius 3 is 1.42 bits per heavy atom. The van der Waals surface area contributed by atoms with Gasteiger partial charge in [0.2, 0.25) is 0 Å². The lowest BCUT2D eigenvalue weighted by Gasteiger charge is -2.48. The lowest BCUT2D eigenvalue weighted by molar-refractivity contribution is 0.282. The molecule has 3 heterocycles. The summed E-state index contributed by atoms with van der Waals surface area (Å²) in [5.74, 6) is 1.19. The molecule has 0 spiro atoms. The molecule has 0 unspecified atom stereocenters. The van der Waals surface area contributed by atoms with Gasteiger partial charge < -0.3 is 14.2 Å². The van der Waals surface area contributed by atoms with Gasteiger partial charge >= 0.3 is 0 Å². The summed E-state index contributed by atoms with van der Waals surface area (Å²) in [6.45, 7) is 44.3. The Labute approximate surface area is 399 Å². The zero-order chi connectivity index (χ0) is 47.4. The number of nitrogens with zero attached hydrogens (tertiary/aromatic N) is 2. The molecule has 0 amide bonds. The molecule has 4 aliphatic carbocycles. The van der Waals surface area contributed by atoms with Gasteiger partial charge in [0.25, 0.3) is 6.71 Å². The number of hydrogen-bond donors (Lipinski definition) is 0. The smallest absolute Gasteiger partial charge is 0.297 e. The summed E-state index contributed by atoms with van der Waals surface area (Å²) in [6, 6.07) is 23.2. The first-order chi connectivity index (χ1) is 30.5. The van der Waals surface area contributed by atoms with Crippen molar-refractivity contribution in [3.05, 3.63) is 110 Å². The molecule has 5 aromatic rings. The van der Waals surface area contributed by atoms with Crippen molar-refractivity contribution in [2.24, 2.45) is 0 Å². The molecule has 2 aliphatic heterocycles. The average Bonchev–Trinajstić information content (AvgIpc) is 3.65. The summed E-state index contributed by atoms with van der Waals surface area (Å²) in [6.07, 6.45) is 9.37. The van der Waals surface area contributed by atoms with Crippen molar-refractivity contribution in [3.63, 3.8) is 0 Å². The average molecular weight is 879 g/mol. The van der Waals surface area contributed by atoms with Gasteiger partial charge in [-0.1, -0.05) is 129 Å². The van der Waals surface area contributed by atoms with Gasteiger partial charge in [0.15, 0.2) is 0 Å². The third kappa shape index (κ3) is 6.06. The molecule has 4 heteroatoms. The molecule has 11 rings (SSSR count). The van der Waals surface area contributed by atoms with E-state index in [-0.39, 0.29) is 50.0 Å². The second kappa shape index (κ2) is 13.3. The number of fused-ring (bicyclic) bond motifs is 9. The van der Waals surface area contributed by atoms with E-state index in [0.29, 0.717) is 0 Å². The molecule has 346 valence electrons. The molecule has 0 atom stereocenters. The van der Waals surface area contributed by atoms with Gasteiger partial charge in [0.1, 0.15) is 5.76 Å². The molecule has 0 saturated heterocycles. The fourth-order valence-corrected chi connectivity index (χ4v) is 14.2. The maximum Gasteiger partial charge on any atom is 0.297 e. The minimum atomic E-state index is -0.0924. The summed E-state index contributed by atoms with van der Waals surface area (Å²) in [4.78, 5) is 5.45. The fourth-order valence-electron chi connectivity index (χ4n) is 14.2. The lowest BCUT2D eigenvalue weighted by Crippen LogP contribution is -2.61. The maximum atomic E-state index is 7.84. The minimum Gasteiger partial charge on any atom is -0.472 e. The van der Waals surface area contributed by atoms with Gasteiger partial charge in [-0.2, -0.15) is 0 Å². The largest absolute Gasteiger partial charge is 0.472 e. The van der Waals surface area contributed by atoms with Crippen LogP contribution in [0.2, 0.25) is 0 Å². The Kier molecular flexibility index (Phi) is 8.95. The molecule has 0 saturated carbocycles. The molecule has 0 bridgehead atoms. The zero-order valence-corrected chi connectivity index (χ0v) is 44.2. The topological polar surface area (TPSA) is 19.6 Å².